The minimum Gasteiger partial charge on any atom is -0.273 e. The van der Waals surface area contributed by atoms with E-state index in [9.17, 15) is 4.79 Å². The molecule has 3 aliphatic carbocycles. The van der Waals surface area contributed by atoms with E-state index in [1.54, 1.807) is 0 Å². The van der Waals surface area contributed by atoms with E-state index in [-0.39, 0.29) is 11.8 Å². The SMILES string of the molecule is C/C(=N/NC(=O)C(C)C)C1CC2c3ccccc3C1c1ccccc12. The molecule has 0 fully saturated rings. The molecule has 1 N–H and O–H groups in total. The maximum absolute atomic E-state index is 11.9. The summed E-state index contributed by atoms with van der Waals surface area (Å²) in [5.74, 6) is 1.01. The van der Waals surface area contributed by atoms with Gasteiger partial charge in [-0.3, -0.25) is 4.79 Å². The highest BCUT2D eigenvalue weighted by Gasteiger charge is 2.44. The first-order valence-electron chi connectivity index (χ1n) is 9.09. The van der Waals surface area contributed by atoms with Gasteiger partial charge in [0.25, 0.3) is 0 Å². The van der Waals surface area contributed by atoms with E-state index >= 15 is 0 Å². The van der Waals surface area contributed by atoms with Gasteiger partial charge in [0, 0.05) is 29.4 Å². The molecule has 5 rings (SSSR count). The molecule has 3 heteroatoms. The Hall–Kier alpha value is -2.42. The van der Waals surface area contributed by atoms with Crippen molar-refractivity contribution in [3.05, 3.63) is 70.8 Å². The number of hydrazone groups is 1. The van der Waals surface area contributed by atoms with Crippen molar-refractivity contribution in [2.24, 2.45) is 16.9 Å². The molecule has 0 radical (unpaired) electrons. The maximum Gasteiger partial charge on any atom is 0.242 e. The quantitative estimate of drug-likeness (QED) is 0.655. The Kier molecular flexibility index (Phi) is 3.95. The van der Waals surface area contributed by atoms with Crippen LogP contribution in [-0.2, 0) is 4.79 Å². The fourth-order valence-electron chi connectivity index (χ4n) is 4.40. The summed E-state index contributed by atoms with van der Waals surface area (Å²) in [5.41, 5.74) is 9.52. The van der Waals surface area contributed by atoms with Crippen LogP contribution in [0.15, 0.2) is 53.6 Å². The van der Waals surface area contributed by atoms with Gasteiger partial charge in [-0.15, -0.1) is 0 Å². The van der Waals surface area contributed by atoms with Crippen molar-refractivity contribution in [1.29, 1.82) is 0 Å². The average Bonchev–Trinajstić information content (AvgIpc) is 2.65. The summed E-state index contributed by atoms with van der Waals surface area (Å²) in [7, 11) is 0. The fraction of sp³-hybridized carbons (Fsp3) is 0.364. The lowest BCUT2D eigenvalue weighted by Gasteiger charge is -2.45. The highest BCUT2D eigenvalue weighted by atomic mass is 16.2. The molecule has 25 heavy (non-hydrogen) atoms. The Labute approximate surface area is 149 Å². The first kappa shape index (κ1) is 16.1. The average molecular weight is 332 g/mol. The van der Waals surface area contributed by atoms with E-state index in [1.165, 1.54) is 22.3 Å². The fourth-order valence-corrected chi connectivity index (χ4v) is 4.40. The molecule has 2 bridgehead atoms. The van der Waals surface area contributed by atoms with Crippen LogP contribution in [0.4, 0.5) is 0 Å². The summed E-state index contributed by atoms with van der Waals surface area (Å²) < 4.78 is 0. The van der Waals surface area contributed by atoms with Gasteiger partial charge in [0.05, 0.1) is 0 Å². The van der Waals surface area contributed by atoms with Crippen LogP contribution >= 0.6 is 0 Å². The van der Waals surface area contributed by atoms with E-state index in [2.05, 4.69) is 66.0 Å². The van der Waals surface area contributed by atoms with Crippen LogP contribution in [0.1, 0.15) is 61.3 Å². The number of fused-ring (bicyclic) bond motifs is 1. The lowest BCUT2D eigenvalue weighted by molar-refractivity contribution is -0.123. The van der Waals surface area contributed by atoms with Crippen molar-refractivity contribution >= 4 is 11.6 Å². The minimum absolute atomic E-state index is 0.0267. The van der Waals surface area contributed by atoms with Crippen LogP contribution in [0.5, 0.6) is 0 Å². The Morgan fingerprint density at radius 2 is 1.52 bits per heavy atom. The Morgan fingerprint density at radius 3 is 2.04 bits per heavy atom. The lowest BCUT2D eigenvalue weighted by Crippen LogP contribution is -2.36. The third-order valence-corrected chi connectivity index (χ3v) is 5.71. The first-order valence-corrected chi connectivity index (χ1v) is 9.09. The second-order valence-electron chi connectivity index (χ2n) is 7.51. The minimum atomic E-state index is -0.0548. The van der Waals surface area contributed by atoms with Crippen molar-refractivity contribution in [3.63, 3.8) is 0 Å². The molecular weight excluding hydrogens is 308 g/mol. The van der Waals surface area contributed by atoms with Gasteiger partial charge in [-0.05, 0) is 35.6 Å². The maximum atomic E-state index is 11.9. The van der Waals surface area contributed by atoms with Gasteiger partial charge in [0.2, 0.25) is 5.91 Å². The zero-order chi connectivity index (χ0) is 17.6. The topological polar surface area (TPSA) is 41.5 Å². The van der Waals surface area contributed by atoms with Gasteiger partial charge in [-0.1, -0.05) is 62.4 Å². The van der Waals surface area contributed by atoms with E-state index in [4.69, 9.17) is 0 Å². The molecule has 0 saturated carbocycles. The summed E-state index contributed by atoms with van der Waals surface area (Å²) in [6, 6.07) is 17.6. The number of amides is 1. The van der Waals surface area contributed by atoms with Crippen molar-refractivity contribution in [1.82, 2.24) is 5.43 Å². The Bertz CT molecular complexity index is 805. The number of carbonyl (C=O) groups is 1. The smallest absolute Gasteiger partial charge is 0.242 e. The molecule has 1 atom stereocenters. The number of rotatable bonds is 3. The molecular formula is C22H24N2O. The largest absolute Gasteiger partial charge is 0.273 e. The molecule has 0 aliphatic heterocycles. The number of hydrogen-bond donors (Lipinski definition) is 1. The van der Waals surface area contributed by atoms with Crippen LogP contribution < -0.4 is 5.43 Å². The van der Waals surface area contributed by atoms with Gasteiger partial charge in [0.15, 0.2) is 0 Å². The van der Waals surface area contributed by atoms with E-state index in [0.29, 0.717) is 17.8 Å². The summed E-state index contributed by atoms with van der Waals surface area (Å²) >= 11 is 0. The number of benzene rings is 2. The Balaban J connectivity index is 1.74. The third kappa shape index (κ3) is 2.58. The lowest BCUT2D eigenvalue weighted by atomic mass is 9.58. The second-order valence-corrected chi connectivity index (χ2v) is 7.51. The van der Waals surface area contributed by atoms with Crippen molar-refractivity contribution in [3.8, 4) is 0 Å². The van der Waals surface area contributed by atoms with Gasteiger partial charge >= 0.3 is 0 Å². The summed E-state index contributed by atoms with van der Waals surface area (Å²) in [6.45, 7) is 5.82. The molecule has 128 valence electrons. The van der Waals surface area contributed by atoms with Gasteiger partial charge in [-0.2, -0.15) is 5.10 Å². The second kappa shape index (κ2) is 6.14. The zero-order valence-electron chi connectivity index (χ0n) is 15.0. The van der Waals surface area contributed by atoms with Crippen LogP contribution in [0, 0.1) is 11.8 Å². The first-order chi connectivity index (χ1) is 12.1. The standard InChI is InChI=1S/C22H24N2O/c1-13(2)22(25)24-23-14(3)19-12-20-15-8-4-6-10-17(15)21(19)18-11-7-5-9-16(18)20/h4-11,13,19-21H,12H2,1-3H3,(H,24,25)/b23-14-. The van der Waals surface area contributed by atoms with Gasteiger partial charge < -0.3 is 0 Å². The molecule has 2 aromatic rings. The molecule has 1 unspecified atom stereocenters. The molecule has 2 aromatic carbocycles. The normalized spacial score (nSPS) is 24.0. The molecule has 0 aromatic heterocycles. The summed E-state index contributed by atoms with van der Waals surface area (Å²) in [5, 5.41) is 4.45. The van der Waals surface area contributed by atoms with Crippen LogP contribution in [-0.4, -0.2) is 11.6 Å². The van der Waals surface area contributed by atoms with Gasteiger partial charge in [-0.25, -0.2) is 5.43 Å². The number of nitrogens with zero attached hydrogens (tertiary/aromatic N) is 1. The van der Waals surface area contributed by atoms with Crippen molar-refractivity contribution in [2.45, 2.75) is 39.0 Å². The molecule has 3 nitrogen and oxygen atoms in total. The highest BCUT2D eigenvalue weighted by molar-refractivity contribution is 5.89. The summed E-state index contributed by atoms with van der Waals surface area (Å²) in [6.07, 6.45) is 1.06. The van der Waals surface area contributed by atoms with E-state index in [1.807, 2.05) is 13.8 Å². The van der Waals surface area contributed by atoms with Crippen LogP contribution in [0.2, 0.25) is 0 Å². The Morgan fingerprint density at radius 1 is 1.00 bits per heavy atom. The van der Waals surface area contributed by atoms with Crippen molar-refractivity contribution < 1.29 is 4.79 Å². The van der Waals surface area contributed by atoms with E-state index in [0.717, 1.165) is 12.1 Å². The zero-order valence-corrected chi connectivity index (χ0v) is 15.0. The number of nitrogens with one attached hydrogen (secondary N) is 1. The molecule has 1 amide bonds. The monoisotopic (exact) mass is 332 g/mol. The van der Waals surface area contributed by atoms with Crippen LogP contribution in [0.3, 0.4) is 0 Å². The predicted molar refractivity (Wildman–Crippen MR) is 101 cm³/mol. The predicted octanol–water partition coefficient (Wildman–Crippen LogP) is 4.43. The number of carbonyl (C=O) groups excluding carboxylic acids is 1. The van der Waals surface area contributed by atoms with Crippen molar-refractivity contribution in [2.75, 3.05) is 0 Å². The highest BCUT2D eigenvalue weighted by Crippen LogP contribution is 2.55. The molecule has 0 saturated heterocycles. The van der Waals surface area contributed by atoms with Crippen LogP contribution in [0.25, 0.3) is 0 Å². The third-order valence-electron chi connectivity index (χ3n) is 5.71. The van der Waals surface area contributed by atoms with Gasteiger partial charge in [0.1, 0.15) is 0 Å². The molecule has 0 heterocycles. The number of hydrogen-bond acceptors (Lipinski definition) is 2. The van der Waals surface area contributed by atoms with E-state index < -0.39 is 0 Å². The summed E-state index contributed by atoms with van der Waals surface area (Å²) in [4.78, 5) is 11.9. The molecule has 3 aliphatic rings. The molecule has 0 spiro atoms.